The summed E-state index contributed by atoms with van der Waals surface area (Å²) in [6.07, 6.45) is 2.57. The molecule has 1 aliphatic rings. The van der Waals surface area contributed by atoms with Crippen molar-refractivity contribution in [2.75, 3.05) is 18.0 Å². The SMILES string of the molecule is Cc1noc(-c2cccnc2N2CCC(NC(=O)c3ccc(Cl)s3)C2)n1. The number of rotatable bonds is 4. The number of aromatic nitrogens is 3. The van der Waals surface area contributed by atoms with Crippen molar-refractivity contribution in [2.24, 2.45) is 0 Å². The van der Waals surface area contributed by atoms with E-state index in [0.717, 1.165) is 24.3 Å². The second-order valence-corrected chi connectivity index (χ2v) is 7.75. The zero-order valence-corrected chi connectivity index (χ0v) is 15.5. The molecule has 4 rings (SSSR count). The van der Waals surface area contributed by atoms with Crippen molar-refractivity contribution in [3.8, 4) is 11.5 Å². The van der Waals surface area contributed by atoms with Gasteiger partial charge in [0, 0.05) is 25.3 Å². The van der Waals surface area contributed by atoms with Crippen molar-refractivity contribution >= 4 is 34.7 Å². The molecule has 0 aliphatic carbocycles. The smallest absolute Gasteiger partial charge is 0.261 e. The molecule has 134 valence electrons. The van der Waals surface area contributed by atoms with E-state index in [9.17, 15) is 4.79 Å². The third-order valence-electron chi connectivity index (χ3n) is 4.16. The number of hydrogen-bond donors (Lipinski definition) is 1. The van der Waals surface area contributed by atoms with Crippen LogP contribution in [0, 0.1) is 6.92 Å². The molecule has 1 aliphatic heterocycles. The highest BCUT2D eigenvalue weighted by molar-refractivity contribution is 7.18. The fraction of sp³-hybridized carbons (Fsp3) is 0.294. The van der Waals surface area contributed by atoms with E-state index in [0.29, 0.717) is 27.5 Å². The maximum absolute atomic E-state index is 12.3. The Bertz CT molecular complexity index is 941. The first-order valence-corrected chi connectivity index (χ1v) is 9.36. The van der Waals surface area contributed by atoms with Crippen molar-refractivity contribution in [3.63, 3.8) is 0 Å². The molecule has 1 atom stereocenters. The number of hydrogen-bond acceptors (Lipinski definition) is 7. The molecule has 7 nitrogen and oxygen atoms in total. The average Bonchev–Trinajstić information content (AvgIpc) is 3.36. The van der Waals surface area contributed by atoms with E-state index in [2.05, 4.69) is 25.3 Å². The number of amides is 1. The number of thiophene rings is 1. The molecule has 1 unspecified atom stereocenters. The molecule has 3 aromatic rings. The van der Waals surface area contributed by atoms with Gasteiger partial charge in [0.15, 0.2) is 5.82 Å². The molecule has 1 N–H and O–H groups in total. The third kappa shape index (κ3) is 3.42. The van der Waals surface area contributed by atoms with Crippen molar-refractivity contribution in [3.05, 3.63) is 45.5 Å². The van der Waals surface area contributed by atoms with Gasteiger partial charge >= 0.3 is 0 Å². The first-order valence-electron chi connectivity index (χ1n) is 8.17. The van der Waals surface area contributed by atoms with Gasteiger partial charge in [0.05, 0.1) is 14.8 Å². The summed E-state index contributed by atoms with van der Waals surface area (Å²) in [5.41, 5.74) is 0.796. The minimum Gasteiger partial charge on any atom is -0.354 e. The third-order valence-corrected chi connectivity index (χ3v) is 5.39. The van der Waals surface area contributed by atoms with Gasteiger partial charge in [-0.25, -0.2) is 4.98 Å². The summed E-state index contributed by atoms with van der Waals surface area (Å²) in [7, 11) is 0. The molecule has 1 fully saturated rings. The fourth-order valence-corrected chi connectivity index (χ4v) is 3.93. The van der Waals surface area contributed by atoms with Crippen LogP contribution in [0.1, 0.15) is 21.9 Å². The lowest BCUT2D eigenvalue weighted by Crippen LogP contribution is -2.37. The molecule has 0 radical (unpaired) electrons. The summed E-state index contributed by atoms with van der Waals surface area (Å²) in [6.45, 7) is 3.23. The van der Waals surface area contributed by atoms with Crippen LogP contribution in [0.2, 0.25) is 4.34 Å². The van der Waals surface area contributed by atoms with Gasteiger partial charge in [0.25, 0.3) is 11.8 Å². The Morgan fingerprint density at radius 2 is 2.31 bits per heavy atom. The standard InChI is InChI=1S/C17H16ClN5O2S/c1-10-20-17(25-22-10)12-3-2-7-19-15(12)23-8-6-11(9-23)21-16(24)13-4-5-14(18)26-13/h2-5,7,11H,6,8-9H2,1H3,(H,21,24). The van der Waals surface area contributed by atoms with E-state index in [4.69, 9.17) is 16.1 Å². The first-order chi connectivity index (χ1) is 12.6. The van der Waals surface area contributed by atoms with Gasteiger partial charge in [-0.3, -0.25) is 4.79 Å². The van der Waals surface area contributed by atoms with Crippen LogP contribution < -0.4 is 10.2 Å². The largest absolute Gasteiger partial charge is 0.354 e. The molecule has 9 heteroatoms. The van der Waals surface area contributed by atoms with Crippen LogP contribution in [0.3, 0.4) is 0 Å². The number of carbonyl (C=O) groups is 1. The number of carbonyl (C=O) groups excluding carboxylic acids is 1. The van der Waals surface area contributed by atoms with Crippen LogP contribution in [-0.4, -0.2) is 40.2 Å². The van der Waals surface area contributed by atoms with Gasteiger partial charge in [0.1, 0.15) is 5.82 Å². The van der Waals surface area contributed by atoms with Gasteiger partial charge in [-0.2, -0.15) is 4.98 Å². The number of nitrogens with zero attached hydrogens (tertiary/aromatic N) is 4. The van der Waals surface area contributed by atoms with E-state index in [1.54, 1.807) is 25.3 Å². The molecular formula is C17H16ClN5O2S. The lowest BCUT2D eigenvalue weighted by molar-refractivity contribution is 0.0944. The van der Waals surface area contributed by atoms with E-state index < -0.39 is 0 Å². The van der Waals surface area contributed by atoms with Crippen LogP contribution in [0.5, 0.6) is 0 Å². The molecule has 1 saturated heterocycles. The zero-order valence-electron chi connectivity index (χ0n) is 14.0. The second kappa shape index (κ2) is 7.05. The van der Waals surface area contributed by atoms with Gasteiger partial charge < -0.3 is 14.7 Å². The van der Waals surface area contributed by atoms with Crippen LogP contribution in [-0.2, 0) is 0 Å². The quantitative estimate of drug-likeness (QED) is 0.737. The number of nitrogens with one attached hydrogen (secondary N) is 1. The van der Waals surface area contributed by atoms with E-state index >= 15 is 0 Å². The number of pyridine rings is 1. The second-order valence-electron chi connectivity index (χ2n) is 6.03. The summed E-state index contributed by atoms with van der Waals surface area (Å²) in [5.74, 6) is 1.72. The highest BCUT2D eigenvalue weighted by Crippen LogP contribution is 2.30. The van der Waals surface area contributed by atoms with Crippen molar-refractivity contribution in [2.45, 2.75) is 19.4 Å². The van der Waals surface area contributed by atoms with Crippen LogP contribution in [0.25, 0.3) is 11.5 Å². The number of aryl methyl sites for hydroxylation is 1. The van der Waals surface area contributed by atoms with Crippen molar-refractivity contribution in [1.82, 2.24) is 20.4 Å². The molecule has 0 spiro atoms. The molecule has 4 heterocycles. The maximum Gasteiger partial charge on any atom is 0.261 e. The topological polar surface area (TPSA) is 84.2 Å². The van der Waals surface area contributed by atoms with Crippen molar-refractivity contribution < 1.29 is 9.32 Å². The Kier molecular flexibility index (Phi) is 4.60. The zero-order chi connectivity index (χ0) is 18.1. The Balaban J connectivity index is 1.48. The summed E-state index contributed by atoms with van der Waals surface area (Å²) in [4.78, 5) is 23.9. The Morgan fingerprint density at radius 1 is 1.42 bits per heavy atom. The molecule has 0 bridgehead atoms. The van der Waals surface area contributed by atoms with E-state index in [1.165, 1.54) is 11.3 Å². The molecular weight excluding hydrogens is 374 g/mol. The molecule has 0 aromatic carbocycles. The van der Waals surface area contributed by atoms with E-state index in [1.807, 2.05) is 12.1 Å². The lowest BCUT2D eigenvalue weighted by atomic mass is 10.2. The Morgan fingerprint density at radius 3 is 3.04 bits per heavy atom. The predicted octanol–water partition coefficient (Wildman–Crippen LogP) is 3.16. The van der Waals surface area contributed by atoms with Crippen LogP contribution >= 0.6 is 22.9 Å². The van der Waals surface area contributed by atoms with Gasteiger partial charge in [-0.1, -0.05) is 16.8 Å². The monoisotopic (exact) mass is 389 g/mol. The van der Waals surface area contributed by atoms with Crippen molar-refractivity contribution in [1.29, 1.82) is 0 Å². The average molecular weight is 390 g/mol. The maximum atomic E-state index is 12.3. The normalized spacial score (nSPS) is 16.8. The van der Waals surface area contributed by atoms with Gasteiger partial charge in [0.2, 0.25) is 0 Å². The first kappa shape index (κ1) is 17.0. The van der Waals surface area contributed by atoms with Crippen LogP contribution in [0.15, 0.2) is 35.0 Å². The highest BCUT2D eigenvalue weighted by Gasteiger charge is 2.28. The predicted molar refractivity (Wildman–Crippen MR) is 99.7 cm³/mol. The molecule has 1 amide bonds. The summed E-state index contributed by atoms with van der Waals surface area (Å²) < 4.78 is 5.90. The lowest BCUT2D eigenvalue weighted by Gasteiger charge is -2.19. The minimum atomic E-state index is -0.0949. The Labute approximate surface area is 159 Å². The van der Waals surface area contributed by atoms with Gasteiger partial charge in [-0.05, 0) is 37.6 Å². The minimum absolute atomic E-state index is 0.0441. The van der Waals surface area contributed by atoms with E-state index in [-0.39, 0.29) is 11.9 Å². The number of halogens is 1. The summed E-state index contributed by atoms with van der Waals surface area (Å²) in [5, 5.41) is 6.92. The molecule has 3 aromatic heterocycles. The summed E-state index contributed by atoms with van der Waals surface area (Å²) in [6, 6.07) is 7.27. The van der Waals surface area contributed by atoms with Crippen LogP contribution in [0.4, 0.5) is 5.82 Å². The summed E-state index contributed by atoms with van der Waals surface area (Å²) >= 11 is 7.18. The number of anilines is 1. The fourth-order valence-electron chi connectivity index (χ4n) is 2.99. The molecule has 0 saturated carbocycles. The highest BCUT2D eigenvalue weighted by atomic mass is 35.5. The Hall–Kier alpha value is -2.45. The van der Waals surface area contributed by atoms with Gasteiger partial charge in [-0.15, -0.1) is 11.3 Å². The molecule has 26 heavy (non-hydrogen) atoms.